The lowest BCUT2D eigenvalue weighted by Gasteiger charge is -2.38. The van der Waals surface area contributed by atoms with Crippen LogP contribution in [0.3, 0.4) is 0 Å². The molecule has 0 bridgehead atoms. The van der Waals surface area contributed by atoms with Crippen LogP contribution < -0.4 is 10.1 Å². The van der Waals surface area contributed by atoms with Gasteiger partial charge in [0, 0.05) is 24.0 Å². The summed E-state index contributed by atoms with van der Waals surface area (Å²) in [6.07, 6.45) is 2.49. The molecule has 0 radical (unpaired) electrons. The van der Waals surface area contributed by atoms with Gasteiger partial charge in [-0.3, -0.25) is 4.79 Å². The molecule has 2 heterocycles. The van der Waals surface area contributed by atoms with Gasteiger partial charge in [0.2, 0.25) is 5.91 Å². The highest BCUT2D eigenvalue weighted by atomic mass is 32.1. The lowest BCUT2D eigenvalue weighted by molar-refractivity contribution is -0.135. The molecule has 1 N–H and O–H groups in total. The van der Waals surface area contributed by atoms with E-state index in [9.17, 15) is 9.59 Å². The van der Waals surface area contributed by atoms with Crippen molar-refractivity contribution >= 4 is 23.3 Å². The second-order valence-corrected chi connectivity index (χ2v) is 10.3. The number of nitrogens with one attached hydrogen (secondary N) is 1. The van der Waals surface area contributed by atoms with Crippen molar-refractivity contribution in [1.82, 2.24) is 15.1 Å². The number of carbonyl (C=O) groups is 2. The lowest BCUT2D eigenvalue weighted by Crippen LogP contribution is -2.52. The summed E-state index contributed by atoms with van der Waals surface area (Å²) in [5.41, 5.74) is 2.43. The second kappa shape index (κ2) is 12.2. The minimum absolute atomic E-state index is 0.0172. The fraction of sp³-hybridized carbons (Fsp3) is 0.556. The number of urea groups is 1. The molecule has 1 aliphatic rings. The van der Waals surface area contributed by atoms with Gasteiger partial charge in [-0.25, -0.2) is 4.79 Å². The van der Waals surface area contributed by atoms with Crippen LogP contribution in [0.4, 0.5) is 4.79 Å². The third-order valence-corrected chi connectivity index (χ3v) is 7.58. The van der Waals surface area contributed by atoms with Gasteiger partial charge < -0.3 is 19.9 Å². The van der Waals surface area contributed by atoms with Crippen LogP contribution in [-0.2, 0) is 11.2 Å². The van der Waals surface area contributed by atoms with E-state index in [0.29, 0.717) is 25.6 Å². The molecule has 0 fully saturated rings. The number of amides is 3. The molecule has 1 aromatic heterocycles. The fourth-order valence-electron chi connectivity index (χ4n) is 4.22. The average Bonchev–Trinajstić information content (AvgIpc) is 3.33. The van der Waals surface area contributed by atoms with Crippen LogP contribution in [0.2, 0.25) is 0 Å². The van der Waals surface area contributed by atoms with E-state index in [2.05, 4.69) is 42.7 Å². The summed E-state index contributed by atoms with van der Waals surface area (Å²) in [6, 6.07) is 9.95. The maximum atomic E-state index is 13.5. The lowest BCUT2D eigenvalue weighted by atomic mass is 10.00. The van der Waals surface area contributed by atoms with Crippen LogP contribution in [-0.4, -0.2) is 54.0 Å². The Balaban J connectivity index is 1.75. The van der Waals surface area contributed by atoms with Crippen molar-refractivity contribution < 1.29 is 14.3 Å². The van der Waals surface area contributed by atoms with Gasteiger partial charge in [0.05, 0.1) is 6.04 Å². The van der Waals surface area contributed by atoms with Gasteiger partial charge in [-0.1, -0.05) is 39.8 Å². The van der Waals surface area contributed by atoms with Gasteiger partial charge in [0.15, 0.2) is 0 Å². The third kappa shape index (κ3) is 6.32. The number of carbonyl (C=O) groups excluding carboxylic acids is 2. The number of ether oxygens (including phenoxy) is 1. The first kappa shape index (κ1) is 26.1. The Morgan fingerprint density at radius 2 is 1.91 bits per heavy atom. The molecule has 186 valence electrons. The number of fused-ring (bicyclic) bond motifs is 1. The summed E-state index contributed by atoms with van der Waals surface area (Å²) in [6.45, 7) is 12.1. The van der Waals surface area contributed by atoms with Gasteiger partial charge in [-0.05, 0) is 66.8 Å². The molecule has 6 nitrogen and oxygen atoms in total. The highest BCUT2D eigenvalue weighted by molar-refractivity contribution is 7.10. The SMILES string of the molecule is CCCNC(=O)N(CC(=O)N1CCc2sccc2[C@H]1COc1ccc(C(C)C)cc1)[C@@H](C)CC. The largest absolute Gasteiger partial charge is 0.491 e. The first-order chi connectivity index (χ1) is 16.3. The molecule has 3 amide bonds. The normalized spacial score (nSPS) is 16.2. The standard InChI is InChI=1S/C27H39N3O3S/c1-6-14-28-27(32)30(20(5)7-2)17-26(31)29-15-12-25-23(13-16-34-25)24(29)18-33-22-10-8-21(9-11-22)19(3)4/h8-11,13,16,19-20,24H,6-7,12,14-15,17-18H2,1-5H3,(H,28,32)/t20-,24+/m0/s1. The van der Waals surface area contributed by atoms with E-state index in [0.717, 1.165) is 30.6 Å². The van der Waals surface area contributed by atoms with Gasteiger partial charge in [0.25, 0.3) is 0 Å². The molecule has 2 aromatic rings. The molecule has 3 rings (SSSR count). The summed E-state index contributed by atoms with van der Waals surface area (Å²) in [5, 5.41) is 5.02. The Hall–Kier alpha value is -2.54. The summed E-state index contributed by atoms with van der Waals surface area (Å²) in [5.74, 6) is 1.24. The Labute approximate surface area is 208 Å². The maximum Gasteiger partial charge on any atom is 0.318 e. The third-order valence-electron chi connectivity index (χ3n) is 6.59. The number of hydrogen-bond donors (Lipinski definition) is 1. The predicted octanol–water partition coefficient (Wildman–Crippen LogP) is 5.60. The molecule has 0 spiro atoms. The van der Waals surface area contributed by atoms with Crippen LogP contribution in [0.5, 0.6) is 5.75 Å². The Kier molecular flexibility index (Phi) is 9.39. The summed E-state index contributed by atoms with van der Waals surface area (Å²) in [4.78, 5) is 31.2. The zero-order valence-corrected chi connectivity index (χ0v) is 22.0. The van der Waals surface area contributed by atoms with Crippen LogP contribution in [0, 0.1) is 0 Å². The van der Waals surface area contributed by atoms with Gasteiger partial charge in [-0.2, -0.15) is 0 Å². The quantitative estimate of drug-likeness (QED) is 0.477. The fourth-order valence-corrected chi connectivity index (χ4v) is 5.15. The van der Waals surface area contributed by atoms with E-state index < -0.39 is 0 Å². The number of thiophene rings is 1. The molecule has 0 saturated carbocycles. The van der Waals surface area contributed by atoms with Gasteiger partial charge in [0.1, 0.15) is 18.9 Å². The predicted molar refractivity (Wildman–Crippen MR) is 139 cm³/mol. The van der Waals surface area contributed by atoms with E-state index >= 15 is 0 Å². The molecule has 1 aliphatic heterocycles. The molecular weight excluding hydrogens is 446 g/mol. The smallest absolute Gasteiger partial charge is 0.318 e. The van der Waals surface area contributed by atoms with Gasteiger partial charge >= 0.3 is 6.03 Å². The molecule has 0 aliphatic carbocycles. The van der Waals surface area contributed by atoms with Crippen molar-refractivity contribution in [3.05, 3.63) is 51.7 Å². The second-order valence-electron chi connectivity index (χ2n) is 9.30. The van der Waals surface area contributed by atoms with Crippen LogP contribution >= 0.6 is 11.3 Å². The molecule has 1 aromatic carbocycles. The van der Waals surface area contributed by atoms with E-state index in [4.69, 9.17) is 4.74 Å². The molecule has 34 heavy (non-hydrogen) atoms. The van der Waals surface area contributed by atoms with Crippen LogP contribution in [0.1, 0.15) is 75.4 Å². The number of nitrogens with zero attached hydrogens (tertiary/aromatic N) is 2. The number of benzene rings is 1. The monoisotopic (exact) mass is 485 g/mol. The van der Waals surface area contributed by atoms with E-state index in [1.54, 1.807) is 16.2 Å². The van der Waals surface area contributed by atoms with Gasteiger partial charge in [-0.15, -0.1) is 11.3 Å². The first-order valence-corrected chi connectivity index (χ1v) is 13.4. The van der Waals surface area contributed by atoms with Crippen LogP contribution in [0.25, 0.3) is 0 Å². The number of rotatable bonds is 10. The number of hydrogen-bond acceptors (Lipinski definition) is 4. The summed E-state index contributed by atoms with van der Waals surface area (Å²) in [7, 11) is 0. The summed E-state index contributed by atoms with van der Waals surface area (Å²) >= 11 is 1.74. The van der Waals surface area contributed by atoms with Crippen LogP contribution in [0.15, 0.2) is 35.7 Å². The van der Waals surface area contributed by atoms with E-state index in [-0.39, 0.29) is 30.6 Å². The van der Waals surface area contributed by atoms with Crippen molar-refractivity contribution in [2.45, 2.75) is 71.9 Å². The van der Waals surface area contributed by atoms with E-state index in [1.807, 2.05) is 37.8 Å². The minimum atomic E-state index is -0.171. The maximum absolute atomic E-state index is 13.5. The summed E-state index contributed by atoms with van der Waals surface area (Å²) < 4.78 is 6.18. The molecule has 0 saturated heterocycles. The zero-order chi connectivity index (χ0) is 24.7. The minimum Gasteiger partial charge on any atom is -0.491 e. The molecule has 2 atom stereocenters. The highest BCUT2D eigenvalue weighted by Crippen LogP contribution is 2.34. The van der Waals surface area contributed by atoms with Crippen molar-refractivity contribution in [2.24, 2.45) is 0 Å². The first-order valence-electron chi connectivity index (χ1n) is 12.5. The van der Waals surface area contributed by atoms with Crippen molar-refractivity contribution in [1.29, 1.82) is 0 Å². The topological polar surface area (TPSA) is 61.9 Å². The van der Waals surface area contributed by atoms with Crippen molar-refractivity contribution in [3.8, 4) is 5.75 Å². The Morgan fingerprint density at radius 3 is 2.56 bits per heavy atom. The highest BCUT2D eigenvalue weighted by Gasteiger charge is 2.34. The zero-order valence-electron chi connectivity index (χ0n) is 21.2. The van der Waals surface area contributed by atoms with E-state index in [1.165, 1.54) is 10.4 Å². The average molecular weight is 486 g/mol. The van der Waals surface area contributed by atoms with Crippen molar-refractivity contribution in [3.63, 3.8) is 0 Å². The molecule has 0 unspecified atom stereocenters. The molecule has 7 heteroatoms. The van der Waals surface area contributed by atoms with Crippen molar-refractivity contribution in [2.75, 3.05) is 26.2 Å². The Bertz CT molecular complexity index is 941. The molecular formula is C27H39N3O3S. The Morgan fingerprint density at radius 1 is 1.18 bits per heavy atom.